The second-order valence-corrected chi connectivity index (χ2v) is 7.01. The SMILES string of the molecule is Cc1cccc(NC[C@H]2CCN(Cc3nc4ccccc4n3C)C2)n1. The predicted octanol–water partition coefficient (Wildman–Crippen LogP) is 3.21. The van der Waals surface area contributed by atoms with Crippen LogP contribution in [0.15, 0.2) is 42.5 Å². The number of aryl methyl sites for hydroxylation is 2. The Morgan fingerprint density at radius 2 is 2.00 bits per heavy atom. The minimum Gasteiger partial charge on any atom is -0.370 e. The number of aromatic nitrogens is 3. The molecule has 5 heteroatoms. The van der Waals surface area contributed by atoms with Crippen LogP contribution in [0, 0.1) is 12.8 Å². The zero-order valence-electron chi connectivity index (χ0n) is 14.9. The lowest BCUT2D eigenvalue weighted by atomic mass is 10.1. The lowest BCUT2D eigenvalue weighted by molar-refractivity contribution is 0.308. The van der Waals surface area contributed by atoms with E-state index < -0.39 is 0 Å². The van der Waals surface area contributed by atoms with Gasteiger partial charge in [0.2, 0.25) is 0 Å². The quantitative estimate of drug-likeness (QED) is 0.778. The van der Waals surface area contributed by atoms with Gasteiger partial charge in [-0.15, -0.1) is 0 Å². The molecule has 1 aliphatic rings. The largest absolute Gasteiger partial charge is 0.370 e. The monoisotopic (exact) mass is 335 g/mol. The van der Waals surface area contributed by atoms with E-state index in [0.29, 0.717) is 5.92 Å². The summed E-state index contributed by atoms with van der Waals surface area (Å²) in [5.74, 6) is 2.79. The number of likely N-dealkylation sites (tertiary alicyclic amines) is 1. The summed E-state index contributed by atoms with van der Waals surface area (Å²) in [4.78, 5) is 11.8. The van der Waals surface area contributed by atoms with E-state index in [2.05, 4.69) is 57.1 Å². The third-order valence-electron chi connectivity index (χ3n) is 5.07. The first-order valence-corrected chi connectivity index (χ1v) is 8.99. The van der Waals surface area contributed by atoms with Crippen LogP contribution in [0.5, 0.6) is 0 Å². The molecule has 4 rings (SSSR count). The van der Waals surface area contributed by atoms with Gasteiger partial charge in [-0.2, -0.15) is 0 Å². The Labute approximate surface area is 148 Å². The molecule has 1 N–H and O–H groups in total. The predicted molar refractivity (Wildman–Crippen MR) is 102 cm³/mol. The number of nitrogens with zero attached hydrogens (tertiary/aromatic N) is 4. The summed E-state index contributed by atoms with van der Waals surface area (Å²) in [6.07, 6.45) is 1.22. The van der Waals surface area contributed by atoms with Crippen molar-refractivity contribution in [3.63, 3.8) is 0 Å². The summed E-state index contributed by atoms with van der Waals surface area (Å²) in [7, 11) is 2.11. The van der Waals surface area contributed by atoms with E-state index in [1.807, 2.05) is 19.1 Å². The molecule has 25 heavy (non-hydrogen) atoms. The molecule has 2 aromatic heterocycles. The molecule has 0 aliphatic carbocycles. The third kappa shape index (κ3) is 3.51. The molecule has 1 saturated heterocycles. The molecule has 130 valence electrons. The minimum absolute atomic E-state index is 0.664. The van der Waals surface area contributed by atoms with Crippen molar-refractivity contribution in [2.75, 3.05) is 25.0 Å². The van der Waals surface area contributed by atoms with Crippen LogP contribution < -0.4 is 5.32 Å². The van der Waals surface area contributed by atoms with Crippen molar-refractivity contribution in [3.8, 4) is 0 Å². The van der Waals surface area contributed by atoms with E-state index in [1.54, 1.807) is 0 Å². The molecule has 0 bridgehead atoms. The molecular weight excluding hydrogens is 310 g/mol. The minimum atomic E-state index is 0.664. The van der Waals surface area contributed by atoms with Crippen molar-refractivity contribution < 1.29 is 0 Å². The molecule has 1 aliphatic heterocycles. The molecule has 0 spiro atoms. The van der Waals surface area contributed by atoms with E-state index in [-0.39, 0.29) is 0 Å². The maximum Gasteiger partial charge on any atom is 0.126 e. The van der Waals surface area contributed by atoms with Gasteiger partial charge in [0, 0.05) is 25.8 Å². The highest BCUT2D eigenvalue weighted by Gasteiger charge is 2.23. The van der Waals surface area contributed by atoms with Crippen molar-refractivity contribution in [3.05, 3.63) is 54.0 Å². The number of imidazole rings is 1. The fourth-order valence-electron chi connectivity index (χ4n) is 3.65. The number of benzene rings is 1. The topological polar surface area (TPSA) is 46.0 Å². The first-order chi connectivity index (χ1) is 12.2. The van der Waals surface area contributed by atoms with E-state index in [0.717, 1.165) is 49.0 Å². The van der Waals surface area contributed by atoms with Crippen LogP contribution in [-0.2, 0) is 13.6 Å². The average molecular weight is 335 g/mol. The normalized spacial score (nSPS) is 18.1. The lowest BCUT2D eigenvalue weighted by Crippen LogP contribution is -2.24. The van der Waals surface area contributed by atoms with E-state index >= 15 is 0 Å². The Kier molecular flexibility index (Phi) is 4.40. The first-order valence-electron chi connectivity index (χ1n) is 8.99. The summed E-state index contributed by atoms with van der Waals surface area (Å²) in [5, 5.41) is 3.49. The zero-order chi connectivity index (χ0) is 17.2. The molecule has 1 fully saturated rings. The smallest absolute Gasteiger partial charge is 0.126 e. The van der Waals surface area contributed by atoms with Crippen LogP contribution in [0.1, 0.15) is 17.9 Å². The Morgan fingerprint density at radius 1 is 1.12 bits per heavy atom. The van der Waals surface area contributed by atoms with Crippen LogP contribution in [0.3, 0.4) is 0 Å². The fraction of sp³-hybridized carbons (Fsp3) is 0.400. The first kappa shape index (κ1) is 16.1. The van der Waals surface area contributed by atoms with Crippen LogP contribution in [-0.4, -0.2) is 39.1 Å². The number of hydrogen-bond acceptors (Lipinski definition) is 4. The molecule has 1 aromatic carbocycles. The number of fused-ring (bicyclic) bond motifs is 1. The highest BCUT2D eigenvalue weighted by molar-refractivity contribution is 5.75. The summed E-state index contributed by atoms with van der Waals surface area (Å²) in [5.41, 5.74) is 3.35. The molecule has 3 heterocycles. The Morgan fingerprint density at radius 3 is 2.84 bits per heavy atom. The van der Waals surface area contributed by atoms with Crippen LogP contribution in [0.2, 0.25) is 0 Å². The van der Waals surface area contributed by atoms with Gasteiger partial charge in [-0.3, -0.25) is 4.90 Å². The second kappa shape index (κ2) is 6.84. The highest BCUT2D eigenvalue weighted by atomic mass is 15.2. The fourth-order valence-corrected chi connectivity index (χ4v) is 3.65. The number of anilines is 1. The lowest BCUT2D eigenvalue weighted by Gasteiger charge is -2.16. The summed E-state index contributed by atoms with van der Waals surface area (Å²) < 4.78 is 2.22. The van der Waals surface area contributed by atoms with Crippen molar-refractivity contribution in [1.82, 2.24) is 19.4 Å². The maximum absolute atomic E-state index is 4.80. The van der Waals surface area contributed by atoms with Gasteiger partial charge in [0.25, 0.3) is 0 Å². The van der Waals surface area contributed by atoms with E-state index in [9.17, 15) is 0 Å². The molecular formula is C20H25N5. The Hall–Kier alpha value is -2.40. The number of hydrogen-bond donors (Lipinski definition) is 1. The zero-order valence-corrected chi connectivity index (χ0v) is 14.9. The Balaban J connectivity index is 1.35. The van der Waals surface area contributed by atoms with Gasteiger partial charge in [0.1, 0.15) is 11.6 Å². The second-order valence-electron chi connectivity index (χ2n) is 7.01. The van der Waals surface area contributed by atoms with Crippen molar-refractivity contribution >= 4 is 16.9 Å². The molecule has 3 aromatic rings. The van der Waals surface area contributed by atoms with Gasteiger partial charge >= 0.3 is 0 Å². The van der Waals surface area contributed by atoms with Crippen molar-refractivity contribution in [2.24, 2.45) is 13.0 Å². The van der Waals surface area contributed by atoms with Gasteiger partial charge in [-0.05, 0) is 50.1 Å². The van der Waals surface area contributed by atoms with Gasteiger partial charge in [-0.1, -0.05) is 18.2 Å². The van der Waals surface area contributed by atoms with Gasteiger partial charge in [0.05, 0.1) is 17.6 Å². The van der Waals surface area contributed by atoms with Gasteiger partial charge in [0.15, 0.2) is 0 Å². The van der Waals surface area contributed by atoms with Gasteiger partial charge in [-0.25, -0.2) is 9.97 Å². The van der Waals surface area contributed by atoms with Gasteiger partial charge < -0.3 is 9.88 Å². The van der Waals surface area contributed by atoms with E-state index in [1.165, 1.54) is 11.9 Å². The van der Waals surface area contributed by atoms with E-state index in [4.69, 9.17) is 4.98 Å². The number of rotatable bonds is 5. The molecule has 5 nitrogen and oxygen atoms in total. The Bertz CT molecular complexity index is 869. The standard InChI is InChI=1S/C20H25N5/c1-15-6-5-9-19(22-15)21-12-16-10-11-25(13-16)14-20-23-17-7-3-4-8-18(17)24(20)2/h3-9,16H,10-14H2,1-2H3,(H,21,22)/t16-/m1/s1. The molecule has 0 radical (unpaired) electrons. The number of nitrogens with one attached hydrogen (secondary N) is 1. The third-order valence-corrected chi connectivity index (χ3v) is 5.07. The molecule has 0 unspecified atom stereocenters. The molecule has 0 amide bonds. The molecule has 1 atom stereocenters. The highest BCUT2D eigenvalue weighted by Crippen LogP contribution is 2.21. The summed E-state index contributed by atoms with van der Waals surface area (Å²) >= 11 is 0. The van der Waals surface area contributed by atoms with Crippen molar-refractivity contribution in [1.29, 1.82) is 0 Å². The van der Waals surface area contributed by atoms with Crippen LogP contribution in [0.4, 0.5) is 5.82 Å². The number of pyridine rings is 1. The van der Waals surface area contributed by atoms with Crippen LogP contribution in [0.25, 0.3) is 11.0 Å². The van der Waals surface area contributed by atoms with Crippen molar-refractivity contribution in [2.45, 2.75) is 19.9 Å². The van der Waals surface area contributed by atoms with Crippen LogP contribution >= 0.6 is 0 Å². The number of para-hydroxylation sites is 2. The average Bonchev–Trinajstić information content (AvgIpc) is 3.19. The molecule has 0 saturated carbocycles. The summed E-state index contributed by atoms with van der Waals surface area (Å²) in [6, 6.07) is 14.5. The maximum atomic E-state index is 4.80. The summed E-state index contributed by atoms with van der Waals surface area (Å²) in [6.45, 7) is 6.18.